The molecule has 112 valence electrons. The Morgan fingerprint density at radius 2 is 1.95 bits per heavy atom. The molecule has 0 spiro atoms. The number of hydrogen-bond acceptors (Lipinski definition) is 5. The molecule has 0 bridgehead atoms. The van der Waals surface area contributed by atoms with Gasteiger partial charge in [0.15, 0.2) is 16.7 Å². The predicted molar refractivity (Wildman–Crippen MR) is 80.2 cm³/mol. The number of thiazole rings is 1. The molecule has 0 saturated carbocycles. The number of Topliss-reactive ketones (excluding diaryl/α,β-unsaturated/α-hetero) is 1. The number of ketones is 1. The van der Waals surface area contributed by atoms with E-state index >= 15 is 0 Å². The summed E-state index contributed by atoms with van der Waals surface area (Å²) in [6.07, 6.45) is 1.54. The quantitative estimate of drug-likeness (QED) is 0.726. The first-order valence-electron chi connectivity index (χ1n) is 6.34. The van der Waals surface area contributed by atoms with Gasteiger partial charge in [-0.2, -0.15) is 0 Å². The van der Waals surface area contributed by atoms with E-state index in [4.69, 9.17) is 0 Å². The number of rotatable bonds is 3. The van der Waals surface area contributed by atoms with Crippen molar-refractivity contribution >= 4 is 17.1 Å². The monoisotopic (exact) mass is 318 g/mol. The third-order valence-corrected chi connectivity index (χ3v) is 3.96. The van der Waals surface area contributed by atoms with E-state index in [-0.39, 0.29) is 11.3 Å². The number of aromatic nitrogens is 2. The van der Waals surface area contributed by atoms with Crippen LogP contribution in [-0.4, -0.2) is 25.5 Å². The summed E-state index contributed by atoms with van der Waals surface area (Å²) < 4.78 is 14.4. The summed E-state index contributed by atoms with van der Waals surface area (Å²) in [5.41, 5.74) is 0.731. The van der Waals surface area contributed by atoms with Crippen molar-refractivity contribution in [3.05, 3.63) is 47.2 Å². The Labute approximate surface area is 128 Å². The van der Waals surface area contributed by atoms with E-state index in [0.29, 0.717) is 10.7 Å². The normalized spacial score (nSPS) is 10.8. The Bertz CT molecular complexity index is 839. The molecular formula is C15H11FN2O3S. The average molecular weight is 318 g/mol. The summed E-state index contributed by atoms with van der Waals surface area (Å²) in [4.78, 5) is 16.0. The fraction of sp³-hybridized carbons (Fsp3) is 0.0667. The van der Waals surface area contributed by atoms with Crippen LogP contribution in [-0.2, 0) is 0 Å². The molecule has 2 aromatic heterocycles. The van der Waals surface area contributed by atoms with E-state index in [0.717, 1.165) is 0 Å². The van der Waals surface area contributed by atoms with Crippen LogP contribution in [0.25, 0.3) is 16.4 Å². The zero-order chi connectivity index (χ0) is 15.9. The van der Waals surface area contributed by atoms with E-state index in [9.17, 15) is 19.4 Å². The molecule has 2 N–H and O–H groups in total. The van der Waals surface area contributed by atoms with Crippen molar-refractivity contribution in [2.24, 2.45) is 0 Å². The molecule has 0 saturated heterocycles. The molecule has 5 nitrogen and oxygen atoms in total. The molecule has 0 aliphatic rings. The van der Waals surface area contributed by atoms with Crippen molar-refractivity contribution in [2.45, 2.75) is 6.92 Å². The molecule has 0 radical (unpaired) electrons. The summed E-state index contributed by atoms with van der Waals surface area (Å²) >= 11 is 1.23. The lowest BCUT2D eigenvalue weighted by Crippen LogP contribution is -2.00. The fourth-order valence-corrected chi connectivity index (χ4v) is 2.92. The lowest BCUT2D eigenvalue weighted by atomic mass is 10.0. The molecule has 0 fully saturated rings. The van der Waals surface area contributed by atoms with Crippen LogP contribution in [0, 0.1) is 5.82 Å². The smallest absolute Gasteiger partial charge is 0.242 e. The highest BCUT2D eigenvalue weighted by Crippen LogP contribution is 2.43. The molecule has 1 aromatic carbocycles. The molecule has 7 heteroatoms. The number of carbonyl (C=O) groups is 1. The average Bonchev–Trinajstić information content (AvgIpc) is 3.08. The maximum atomic E-state index is 13.1. The van der Waals surface area contributed by atoms with Gasteiger partial charge in [-0.25, -0.2) is 9.37 Å². The molecule has 0 aliphatic carbocycles. The SMILES string of the molecule is CC(=O)c1c(O)c(O)n(-c2nccs2)c1-c1ccc(F)cc1. The summed E-state index contributed by atoms with van der Waals surface area (Å²) in [5.74, 6) is -1.82. The lowest BCUT2D eigenvalue weighted by Gasteiger charge is -2.08. The minimum Gasteiger partial charge on any atom is -0.503 e. The minimum absolute atomic E-state index is 0.0284. The maximum Gasteiger partial charge on any atom is 0.242 e. The molecule has 0 amide bonds. The van der Waals surface area contributed by atoms with Crippen molar-refractivity contribution in [2.75, 3.05) is 0 Å². The standard InChI is InChI=1S/C15H11FN2O3S/c1-8(19)11-12(9-2-4-10(16)5-3-9)18(14(21)13(11)20)15-17-6-7-22-15/h2-7,20-21H,1H3. The van der Waals surface area contributed by atoms with Crippen molar-refractivity contribution in [1.82, 2.24) is 9.55 Å². The molecule has 0 aliphatic heterocycles. The molecule has 0 unspecified atom stereocenters. The van der Waals surface area contributed by atoms with Crippen molar-refractivity contribution < 1.29 is 19.4 Å². The largest absolute Gasteiger partial charge is 0.503 e. The van der Waals surface area contributed by atoms with Crippen LogP contribution in [0.4, 0.5) is 4.39 Å². The number of benzene rings is 1. The van der Waals surface area contributed by atoms with E-state index in [1.165, 1.54) is 47.1 Å². The highest BCUT2D eigenvalue weighted by molar-refractivity contribution is 7.12. The number of aromatic hydroxyl groups is 2. The molecule has 0 atom stereocenters. The second kappa shape index (κ2) is 5.27. The second-order valence-electron chi connectivity index (χ2n) is 4.61. The first kappa shape index (κ1) is 14.3. The third kappa shape index (κ3) is 2.15. The van der Waals surface area contributed by atoms with Gasteiger partial charge in [-0.15, -0.1) is 11.3 Å². The van der Waals surface area contributed by atoms with Crippen LogP contribution in [0.2, 0.25) is 0 Å². The number of hydrogen-bond donors (Lipinski definition) is 2. The number of halogens is 1. The molecule has 3 rings (SSSR count). The Morgan fingerprint density at radius 3 is 2.50 bits per heavy atom. The summed E-state index contributed by atoms with van der Waals surface area (Å²) in [6, 6.07) is 5.43. The summed E-state index contributed by atoms with van der Waals surface area (Å²) in [6.45, 7) is 1.29. The van der Waals surface area contributed by atoms with Gasteiger partial charge in [0, 0.05) is 11.6 Å². The van der Waals surface area contributed by atoms with Crippen LogP contribution in [0.15, 0.2) is 35.8 Å². The topological polar surface area (TPSA) is 75.3 Å². The van der Waals surface area contributed by atoms with E-state index in [2.05, 4.69) is 4.98 Å². The van der Waals surface area contributed by atoms with Crippen LogP contribution in [0.5, 0.6) is 11.6 Å². The molecular weight excluding hydrogens is 307 g/mol. The second-order valence-corrected chi connectivity index (χ2v) is 5.48. The van der Waals surface area contributed by atoms with Gasteiger partial charge in [-0.05, 0) is 36.8 Å². The van der Waals surface area contributed by atoms with Crippen LogP contribution in [0.3, 0.4) is 0 Å². The van der Waals surface area contributed by atoms with Crippen LogP contribution in [0.1, 0.15) is 17.3 Å². The summed E-state index contributed by atoms with van der Waals surface area (Å²) in [7, 11) is 0. The highest BCUT2D eigenvalue weighted by Gasteiger charge is 2.28. The van der Waals surface area contributed by atoms with E-state index in [1.54, 1.807) is 11.6 Å². The van der Waals surface area contributed by atoms with E-state index < -0.39 is 23.2 Å². The van der Waals surface area contributed by atoms with Gasteiger partial charge in [-0.1, -0.05) is 0 Å². The summed E-state index contributed by atoms with van der Waals surface area (Å²) in [5, 5.41) is 22.4. The molecule has 2 heterocycles. The van der Waals surface area contributed by atoms with Gasteiger partial charge >= 0.3 is 0 Å². The highest BCUT2D eigenvalue weighted by atomic mass is 32.1. The predicted octanol–water partition coefficient (Wildman–Crippen LogP) is 3.35. The Hall–Kier alpha value is -2.67. The zero-order valence-electron chi connectivity index (χ0n) is 11.4. The fourth-order valence-electron chi connectivity index (χ4n) is 2.27. The van der Waals surface area contributed by atoms with Crippen molar-refractivity contribution in [3.63, 3.8) is 0 Å². The number of carbonyl (C=O) groups excluding carboxylic acids is 1. The maximum absolute atomic E-state index is 13.1. The lowest BCUT2D eigenvalue weighted by molar-refractivity contribution is 0.101. The molecule has 22 heavy (non-hydrogen) atoms. The van der Waals surface area contributed by atoms with Gasteiger partial charge in [0.25, 0.3) is 0 Å². The van der Waals surface area contributed by atoms with E-state index in [1.807, 2.05) is 0 Å². The molecule has 3 aromatic rings. The van der Waals surface area contributed by atoms with Gasteiger partial charge < -0.3 is 10.2 Å². The number of nitrogens with zero attached hydrogens (tertiary/aromatic N) is 2. The van der Waals surface area contributed by atoms with Crippen molar-refractivity contribution in [1.29, 1.82) is 0 Å². The van der Waals surface area contributed by atoms with Gasteiger partial charge in [0.1, 0.15) is 5.82 Å². The van der Waals surface area contributed by atoms with Crippen molar-refractivity contribution in [3.8, 4) is 28.0 Å². The van der Waals surface area contributed by atoms with Gasteiger partial charge in [-0.3, -0.25) is 9.36 Å². The van der Waals surface area contributed by atoms with Crippen LogP contribution < -0.4 is 0 Å². The first-order valence-corrected chi connectivity index (χ1v) is 7.22. The van der Waals surface area contributed by atoms with Gasteiger partial charge in [0.2, 0.25) is 5.88 Å². The third-order valence-electron chi connectivity index (χ3n) is 3.20. The first-order chi connectivity index (χ1) is 10.5. The Morgan fingerprint density at radius 1 is 1.27 bits per heavy atom. The zero-order valence-corrected chi connectivity index (χ0v) is 12.3. The Balaban J connectivity index is 2.37. The van der Waals surface area contributed by atoms with Crippen LogP contribution >= 0.6 is 11.3 Å². The Kier molecular flexibility index (Phi) is 3.42. The van der Waals surface area contributed by atoms with Gasteiger partial charge in [0.05, 0.1) is 11.3 Å². The minimum atomic E-state index is -0.512.